The quantitative estimate of drug-likeness (QED) is 0.633. The zero-order chi connectivity index (χ0) is 13.6. The molecule has 0 saturated heterocycles. The molecule has 1 atom stereocenters. The van der Waals surface area contributed by atoms with Crippen LogP contribution in [-0.4, -0.2) is 26.5 Å². The van der Waals surface area contributed by atoms with Crippen molar-refractivity contribution in [3.05, 3.63) is 12.4 Å². The molecule has 4 nitrogen and oxygen atoms in total. The smallest absolute Gasteiger partial charge is 0.226 e. The highest BCUT2D eigenvalue weighted by Crippen LogP contribution is 2.32. The summed E-state index contributed by atoms with van der Waals surface area (Å²) in [6, 6.07) is 1.50. The van der Waals surface area contributed by atoms with E-state index in [1.54, 1.807) is 13.8 Å². The number of alkyl halides is 3. The molecule has 0 aliphatic rings. The number of rotatable bonds is 4. The Morgan fingerprint density at radius 1 is 1.33 bits per heavy atom. The molecule has 0 fully saturated rings. The SMILES string of the molecule is CC#CCOc1cc(OC(C)C(Cl)(Cl)Cl)ncn1. The zero-order valence-corrected chi connectivity index (χ0v) is 12.1. The van der Waals surface area contributed by atoms with Crippen LogP contribution in [0.5, 0.6) is 11.8 Å². The summed E-state index contributed by atoms with van der Waals surface area (Å²) < 4.78 is 9.09. The summed E-state index contributed by atoms with van der Waals surface area (Å²) in [7, 11) is 0. The van der Waals surface area contributed by atoms with Gasteiger partial charge in [0.2, 0.25) is 15.6 Å². The van der Waals surface area contributed by atoms with Gasteiger partial charge in [0.1, 0.15) is 12.4 Å². The highest BCUT2D eigenvalue weighted by molar-refractivity contribution is 6.68. The molecule has 98 valence electrons. The molecule has 0 aliphatic carbocycles. The number of nitrogens with zero attached hydrogens (tertiary/aromatic N) is 2. The van der Waals surface area contributed by atoms with Crippen molar-refractivity contribution in [2.24, 2.45) is 0 Å². The van der Waals surface area contributed by atoms with Gasteiger partial charge in [0, 0.05) is 0 Å². The molecule has 0 aliphatic heterocycles. The maximum Gasteiger partial charge on any atom is 0.226 e. The summed E-state index contributed by atoms with van der Waals surface area (Å²) in [4.78, 5) is 7.80. The molecule has 1 aromatic heterocycles. The van der Waals surface area contributed by atoms with Gasteiger partial charge in [-0.25, -0.2) is 9.97 Å². The Morgan fingerprint density at radius 3 is 2.61 bits per heavy atom. The van der Waals surface area contributed by atoms with Crippen molar-refractivity contribution in [1.82, 2.24) is 9.97 Å². The first-order valence-corrected chi connectivity index (χ1v) is 6.14. The third-order valence-electron chi connectivity index (χ3n) is 1.84. The molecule has 0 saturated carbocycles. The third-order valence-corrected chi connectivity index (χ3v) is 2.77. The molecule has 0 radical (unpaired) electrons. The molecule has 1 heterocycles. The number of hydrogen-bond acceptors (Lipinski definition) is 4. The molecule has 0 amide bonds. The number of hydrogen-bond donors (Lipinski definition) is 0. The first-order chi connectivity index (χ1) is 8.43. The fourth-order valence-corrected chi connectivity index (χ4v) is 1.03. The second kappa shape index (κ2) is 6.89. The highest BCUT2D eigenvalue weighted by Gasteiger charge is 2.30. The fraction of sp³-hybridized carbons (Fsp3) is 0.455. The van der Waals surface area contributed by atoms with Crippen LogP contribution in [0.25, 0.3) is 0 Å². The number of aromatic nitrogens is 2. The van der Waals surface area contributed by atoms with Gasteiger partial charge in [-0.2, -0.15) is 0 Å². The van der Waals surface area contributed by atoms with Crippen LogP contribution in [0.1, 0.15) is 13.8 Å². The van der Waals surface area contributed by atoms with Crippen LogP contribution >= 0.6 is 34.8 Å². The summed E-state index contributed by atoms with van der Waals surface area (Å²) in [6.45, 7) is 3.59. The average molecular weight is 310 g/mol. The maximum atomic E-state index is 5.69. The Hall–Kier alpha value is -0.890. The molecular formula is C11H11Cl3N2O2. The Balaban J connectivity index is 2.66. The Labute approximate surface area is 121 Å². The van der Waals surface area contributed by atoms with Gasteiger partial charge in [0.15, 0.2) is 6.61 Å². The number of halogens is 3. The molecule has 7 heteroatoms. The third kappa shape index (κ3) is 5.18. The summed E-state index contributed by atoms with van der Waals surface area (Å²) in [5.74, 6) is 6.06. The van der Waals surface area contributed by atoms with Crippen LogP contribution in [0.2, 0.25) is 0 Å². The van der Waals surface area contributed by atoms with E-state index >= 15 is 0 Å². The van der Waals surface area contributed by atoms with Gasteiger partial charge < -0.3 is 9.47 Å². The van der Waals surface area contributed by atoms with E-state index in [-0.39, 0.29) is 12.5 Å². The van der Waals surface area contributed by atoms with Crippen molar-refractivity contribution in [3.8, 4) is 23.6 Å². The van der Waals surface area contributed by atoms with E-state index in [0.29, 0.717) is 5.88 Å². The minimum absolute atomic E-state index is 0.243. The molecular weight excluding hydrogens is 298 g/mol. The van der Waals surface area contributed by atoms with Gasteiger partial charge in [-0.15, -0.1) is 5.92 Å². The van der Waals surface area contributed by atoms with E-state index in [1.807, 2.05) is 0 Å². The van der Waals surface area contributed by atoms with Gasteiger partial charge in [0.05, 0.1) is 6.07 Å². The first-order valence-electron chi connectivity index (χ1n) is 5.01. The minimum Gasteiger partial charge on any atom is -0.470 e. The topological polar surface area (TPSA) is 44.2 Å². The van der Waals surface area contributed by atoms with Crippen LogP contribution in [0.15, 0.2) is 12.4 Å². The van der Waals surface area contributed by atoms with Gasteiger partial charge in [-0.3, -0.25) is 0 Å². The Morgan fingerprint density at radius 2 is 2.00 bits per heavy atom. The predicted octanol–water partition coefficient (Wildman–Crippen LogP) is 3.02. The van der Waals surface area contributed by atoms with Gasteiger partial charge in [-0.1, -0.05) is 40.7 Å². The van der Waals surface area contributed by atoms with Gasteiger partial charge in [0.25, 0.3) is 0 Å². The Bertz CT molecular complexity index is 452. The van der Waals surface area contributed by atoms with Crippen molar-refractivity contribution in [3.63, 3.8) is 0 Å². The van der Waals surface area contributed by atoms with Crippen LogP contribution < -0.4 is 9.47 Å². The summed E-state index contributed by atoms with van der Waals surface area (Å²) in [5, 5.41) is 0. The second-order valence-electron chi connectivity index (χ2n) is 3.21. The lowest BCUT2D eigenvalue weighted by Gasteiger charge is -2.20. The van der Waals surface area contributed by atoms with Crippen LogP contribution in [-0.2, 0) is 0 Å². The molecule has 0 bridgehead atoms. The zero-order valence-electron chi connectivity index (χ0n) is 9.78. The summed E-state index contributed by atoms with van der Waals surface area (Å²) in [5.41, 5.74) is 0. The van der Waals surface area contributed by atoms with Crippen molar-refractivity contribution < 1.29 is 9.47 Å². The van der Waals surface area contributed by atoms with Crippen LogP contribution in [0.3, 0.4) is 0 Å². The van der Waals surface area contributed by atoms with E-state index in [4.69, 9.17) is 44.3 Å². The first kappa shape index (κ1) is 15.2. The van der Waals surface area contributed by atoms with Crippen LogP contribution in [0.4, 0.5) is 0 Å². The van der Waals surface area contributed by atoms with E-state index in [0.717, 1.165) is 0 Å². The molecule has 0 N–H and O–H groups in total. The largest absolute Gasteiger partial charge is 0.470 e. The summed E-state index contributed by atoms with van der Waals surface area (Å²) in [6.07, 6.45) is 0.649. The lowest BCUT2D eigenvalue weighted by Crippen LogP contribution is -2.28. The Kier molecular flexibility index (Phi) is 5.80. The lowest BCUT2D eigenvalue weighted by atomic mass is 10.4. The normalized spacial score (nSPS) is 12.3. The van der Waals surface area contributed by atoms with Crippen LogP contribution in [0, 0.1) is 11.8 Å². The van der Waals surface area contributed by atoms with Crippen molar-refractivity contribution in [1.29, 1.82) is 0 Å². The monoisotopic (exact) mass is 308 g/mol. The average Bonchev–Trinajstić information content (AvgIpc) is 2.28. The minimum atomic E-state index is -1.53. The van der Waals surface area contributed by atoms with E-state index in [9.17, 15) is 0 Å². The van der Waals surface area contributed by atoms with Crippen molar-refractivity contribution >= 4 is 34.8 Å². The van der Waals surface area contributed by atoms with Crippen molar-refractivity contribution in [2.75, 3.05) is 6.61 Å². The predicted molar refractivity (Wildman–Crippen MR) is 71.4 cm³/mol. The lowest BCUT2D eigenvalue weighted by molar-refractivity contribution is 0.214. The fourth-order valence-electron chi connectivity index (χ4n) is 0.896. The highest BCUT2D eigenvalue weighted by atomic mass is 35.6. The summed E-state index contributed by atoms with van der Waals surface area (Å²) >= 11 is 17.1. The van der Waals surface area contributed by atoms with Gasteiger partial charge >= 0.3 is 0 Å². The van der Waals surface area contributed by atoms with E-state index in [2.05, 4.69) is 21.8 Å². The van der Waals surface area contributed by atoms with Crippen molar-refractivity contribution in [2.45, 2.75) is 23.7 Å². The van der Waals surface area contributed by atoms with E-state index in [1.165, 1.54) is 12.4 Å². The molecule has 1 rings (SSSR count). The second-order valence-corrected chi connectivity index (χ2v) is 5.58. The standard InChI is InChI=1S/C11H11Cl3N2O2/c1-3-4-5-17-9-6-10(16-7-15-9)18-8(2)11(12,13)14/h6-8H,5H2,1-2H3. The molecule has 18 heavy (non-hydrogen) atoms. The maximum absolute atomic E-state index is 5.69. The molecule has 0 spiro atoms. The molecule has 1 unspecified atom stereocenters. The number of ether oxygens (including phenoxy) is 2. The van der Waals surface area contributed by atoms with Gasteiger partial charge in [-0.05, 0) is 13.8 Å². The van der Waals surface area contributed by atoms with E-state index < -0.39 is 9.90 Å². The molecule has 0 aromatic carbocycles. The molecule has 1 aromatic rings.